The molecule has 2 aromatic rings. The summed E-state index contributed by atoms with van der Waals surface area (Å²) < 4.78 is 42.4. The van der Waals surface area contributed by atoms with Crippen LogP contribution in [0.2, 0.25) is 0 Å². The van der Waals surface area contributed by atoms with Crippen LogP contribution in [0, 0.1) is 31.0 Å². The number of hydrogen-bond donors (Lipinski definition) is 0. The first kappa shape index (κ1) is 14.6. The molecule has 0 N–H and O–H groups in total. The zero-order chi connectivity index (χ0) is 13.2. The fourth-order valence-electron chi connectivity index (χ4n) is 1.45. The Morgan fingerprint density at radius 1 is 1.06 bits per heavy atom. The van der Waals surface area contributed by atoms with E-state index in [1.54, 1.807) is 0 Å². The van der Waals surface area contributed by atoms with Crippen LogP contribution in [0.1, 0.15) is 16.0 Å². The second kappa shape index (κ2) is 5.46. The summed E-state index contributed by atoms with van der Waals surface area (Å²) in [5, 5.41) is 1.37. The molecule has 2 heterocycles. The zero-order valence-electron chi connectivity index (χ0n) is 9.48. The normalized spacial score (nSPS) is 11.2. The molecular formula is C10H11ClO5Se. The molecule has 0 radical (unpaired) electrons. The molecule has 2 rings (SSSR count). The molecule has 94 valence electrons. The third-order valence-corrected chi connectivity index (χ3v) is 4.33. The summed E-state index contributed by atoms with van der Waals surface area (Å²) >= 11 is 0.511. The molecule has 0 spiro atoms. The monoisotopic (exact) mass is 326 g/mol. The minimum absolute atomic E-state index is 0.511. The van der Waals surface area contributed by atoms with Crippen LogP contribution in [0.5, 0.6) is 0 Å². The van der Waals surface area contributed by atoms with Crippen molar-refractivity contribution in [3.8, 4) is 0 Å². The Labute approximate surface area is 106 Å². The quantitative estimate of drug-likeness (QED) is 0.409. The molecule has 5 nitrogen and oxygen atoms in total. The van der Waals surface area contributed by atoms with Crippen molar-refractivity contribution in [1.82, 2.24) is 0 Å². The number of halogens is 1. The Bertz CT molecular complexity index is 511. The van der Waals surface area contributed by atoms with Crippen molar-refractivity contribution in [3.05, 3.63) is 28.1 Å². The second-order valence-corrected chi connectivity index (χ2v) is 6.82. The standard InChI is InChI=1S/C10H11OSe.ClHO4/c1-6-4-9-5-7(2)12-10(9)8(3)11-6;2-1(3,4)5/h4-5H,1-3H3;(H,2,3,4,5)/q+1;/p-1. The van der Waals surface area contributed by atoms with E-state index in [0.717, 1.165) is 11.5 Å². The summed E-state index contributed by atoms with van der Waals surface area (Å²) in [5.41, 5.74) is 0. The number of aryl methyl sites for hydroxylation is 3. The van der Waals surface area contributed by atoms with Crippen molar-refractivity contribution in [2.75, 3.05) is 0 Å². The molecule has 0 aliphatic heterocycles. The molecule has 2 aromatic heterocycles. The van der Waals surface area contributed by atoms with E-state index in [0.29, 0.717) is 14.5 Å². The van der Waals surface area contributed by atoms with Gasteiger partial charge in [0.25, 0.3) is 0 Å². The maximum Gasteiger partial charge on any atom is -0.112 e. The van der Waals surface area contributed by atoms with Crippen LogP contribution in [0.4, 0.5) is 0 Å². The molecule has 0 atom stereocenters. The maximum absolute atomic E-state index is 8.49. The van der Waals surface area contributed by atoms with Gasteiger partial charge < -0.3 is 0 Å². The largest absolute Gasteiger partial charge is 0.222 e. The molecule has 0 aliphatic carbocycles. The van der Waals surface area contributed by atoms with E-state index in [4.69, 9.17) is 23.1 Å². The predicted octanol–water partition coefficient (Wildman–Crippen LogP) is -2.06. The van der Waals surface area contributed by atoms with Gasteiger partial charge in [-0.05, 0) is 0 Å². The van der Waals surface area contributed by atoms with Crippen molar-refractivity contribution in [2.45, 2.75) is 20.8 Å². The summed E-state index contributed by atoms with van der Waals surface area (Å²) in [7, 11) is -4.94. The van der Waals surface area contributed by atoms with Crippen LogP contribution in [0.3, 0.4) is 0 Å². The van der Waals surface area contributed by atoms with Gasteiger partial charge in [0.2, 0.25) is 0 Å². The van der Waals surface area contributed by atoms with Crippen LogP contribution < -0.4 is 18.6 Å². The number of rotatable bonds is 0. The fourth-order valence-corrected chi connectivity index (χ4v) is 3.40. The van der Waals surface area contributed by atoms with Crippen molar-refractivity contribution in [3.63, 3.8) is 0 Å². The van der Waals surface area contributed by atoms with E-state index < -0.39 is 10.2 Å². The maximum atomic E-state index is 8.49. The molecule has 0 unspecified atom stereocenters. The van der Waals surface area contributed by atoms with Gasteiger partial charge in [0.1, 0.15) is 0 Å². The molecule has 0 amide bonds. The zero-order valence-corrected chi connectivity index (χ0v) is 12.0. The van der Waals surface area contributed by atoms with Crippen LogP contribution in [-0.4, -0.2) is 14.5 Å². The van der Waals surface area contributed by atoms with Crippen molar-refractivity contribution in [1.29, 1.82) is 0 Å². The number of fused-ring (bicyclic) bond motifs is 1. The van der Waals surface area contributed by atoms with Gasteiger partial charge in [-0.2, -0.15) is 0 Å². The second-order valence-electron chi connectivity index (χ2n) is 3.43. The van der Waals surface area contributed by atoms with Crippen LogP contribution in [0.25, 0.3) is 9.65 Å². The van der Waals surface area contributed by atoms with Crippen LogP contribution >= 0.6 is 0 Å². The van der Waals surface area contributed by atoms with E-state index in [9.17, 15) is 0 Å². The smallest absolute Gasteiger partial charge is 0.112 e. The Balaban J connectivity index is 0.000000249. The molecular weight excluding hydrogens is 315 g/mol. The van der Waals surface area contributed by atoms with Gasteiger partial charge in [-0.15, -0.1) is 10.2 Å². The van der Waals surface area contributed by atoms with Gasteiger partial charge in [-0.25, -0.2) is 18.6 Å². The van der Waals surface area contributed by atoms with Gasteiger partial charge in [-0.3, -0.25) is 0 Å². The van der Waals surface area contributed by atoms with Gasteiger partial charge in [0.05, 0.1) is 0 Å². The van der Waals surface area contributed by atoms with Crippen molar-refractivity contribution >= 4 is 24.1 Å². The minimum atomic E-state index is -4.94. The van der Waals surface area contributed by atoms with Crippen molar-refractivity contribution in [2.24, 2.45) is 0 Å². The SMILES string of the molecule is Cc1cc2cc(C)[se]c2c(C)[o+]1.[O-][Cl+3]([O-])([O-])[O-]. The summed E-state index contributed by atoms with van der Waals surface area (Å²) in [4.78, 5) is 0. The summed E-state index contributed by atoms with van der Waals surface area (Å²) in [6.45, 7) is 6.25. The molecule has 0 saturated carbocycles. The Kier molecular flexibility index (Phi) is 4.68. The molecule has 0 aromatic carbocycles. The van der Waals surface area contributed by atoms with E-state index in [-0.39, 0.29) is 0 Å². The van der Waals surface area contributed by atoms with Crippen LogP contribution in [-0.2, 0) is 0 Å². The summed E-state index contributed by atoms with van der Waals surface area (Å²) in [6.07, 6.45) is 0. The van der Waals surface area contributed by atoms with Gasteiger partial charge in [0, 0.05) is 0 Å². The number of hydrogen-bond acceptors (Lipinski definition) is 4. The van der Waals surface area contributed by atoms with Gasteiger partial charge in [0.15, 0.2) is 0 Å². The Morgan fingerprint density at radius 3 is 2.12 bits per heavy atom. The van der Waals surface area contributed by atoms with E-state index in [2.05, 4.69) is 26.0 Å². The van der Waals surface area contributed by atoms with Gasteiger partial charge >= 0.3 is 77.4 Å². The first-order valence-corrected chi connectivity index (χ1v) is 7.54. The van der Waals surface area contributed by atoms with Crippen LogP contribution in [0.15, 0.2) is 16.5 Å². The Hall–Kier alpha value is -0.461. The topological polar surface area (TPSA) is 104 Å². The molecule has 17 heavy (non-hydrogen) atoms. The average molecular weight is 326 g/mol. The van der Waals surface area contributed by atoms with Crippen molar-refractivity contribution < 1.29 is 33.3 Å². The predicted molar refractivity (Wildman–Crippen MR) is 51.8 cm³/mol. The molecule has 7 heteroatoms. The minimum Gasteiger partial charge on any atom is -0.222 e. The summed E-state index contributed by atoms with van der Waals surface area (Å²) in [6, 6.07) is 4.39. The van der Waals surface area contributed by atoms with Gasteiger partial charge in [-0.1, -0.05) is 0 Å². The average Bonchev–Trinajstić information content (AvgIpc) is 2.42. The third-order valence-electron chi connectivity index (χ3n) is 1.88. The summed E-state index contributed by atoms with van der Waals surface area (Å²) in [5.74, 6) is 2.10. The Morgan fingerprint density at radius 2 is 1.59 bits per heavy atom. The molecule has 0 fully saturated rings. The third kappa shape index (κ3) is 5.14. The van der Waals surface area contributed by atoms with E-state index in [1.165, 1.54) is 14.1 Å². The molecule has 0 saturated heterocycles. The first-order chi connectivity index (χ1) is 7.66. The van der Waals surface area contributed by atoms with E-state index >= 15 is 0 Å². The molecule has 0 bridgehead atoms. The molecule has 0 aliphatic rings. The van der Waals surface area contributed by atoms with E-state index in [1.807, 2.05) is 6.92 Å². The fraction of sp³-hybridized carbons (Fsp3) is 0.300. The first-order valence-electron chi connectivity index (χ1n) is 4.59.